The molecule has 1 rings (SSSR count). The number of rotatable bonds is 6. The molecule has 0 spiro atoms. The third-order valence-corrected chi connectivity index (χ3v) is 2.96. The fraction of sp³-hybridized carbons (Fsp3) is 0.500. The molecule has 2 N–H and O–H groups in total. The van der Waals surface area contributed by atoms with Crippen molar-refractivity contribution in [3.63, 3.8) is 0 Å². The summed E-state index contributed by atoms with van der Waals surface area (Å²) in [7, 11) is 3.23. The average molecular weight is 282 g/mol. The molecule has 0 aliphatic carbocycles. The summed E-state index contributed by atoms with van der Waals surface area (Å²) in [6, 6.07) is 5.97. The van der Waals surface area contributed by atoms with E-state index in [4.69, 9.17) is 21.7 Å². The lowest BCUT2D eigenvalue weighted by molar-refractivity contribution is 0.355. The van der Waals surface area contributed by atoms with Gasteiger partial charge in [0, 0.05) is 17.8 Å². The van der Waals surface area contributed by atoms with Crippen LogP contribution < -0.4 is 20.1 Å². The number of methoxy groups -OCH3 is 2. The van der Waals surface area contributed by atoms with Crippen LogP contribution in [-0.4, -0.2) is 25.4 Å². The Hall–Kier alpha value is -1.49. The number of benzene rings is 1. The molecule has 0 radical (unpaired) electrons. The maximum absolute atomic E-state index is 5.27. The first-order valence-electron chi connectivity index (χ1n) is 6.40. The second-order valence-corrected chi connectivity index (χ2v) is 4.77. The van der Waals surface area contributed by atoms with Crippen molar-refractivity contribution in [2.24, 2.45) is 0 Å². The molecule has 0 saturated heterocycles. The van der Waals surface area contributed by atoms with Gasteiger partial charge in [-0.1, -0.05) is 13.3 Å². The van der Waals surface area contributed by atoms with E-state index < -0.39 is 0 Å². The highest BCUT2D eigenvalue weighted by atomic mass is 32.1. The minimum Gasteiger partial charge on any atom is -0.493 e. The third kappa shape index (κ3) is 4.95. The number of ether oxygens (including phenoxy) is 2. The molecule has 1 unspecified atom stereocenters. The third-order valence-electron chi connectivity index (χ3n) is 2.74. The standard InChI is InChI=1S/C14H22N2O2S/c1-5-6-10(2)15-14(19)16-11-7-8-12(17-3)13(9-11)18-4/h7-10H,5-6H2,1-4H3,(H2,15,16,19). The van der Waals surface area contributed by atoms with Gasteiger partial charge >= 0.3 is 0 Å². The molecule has 4 nitrogen and oxygen atoms in total. The molecule has 0 heterocycles. The Kier molecular flexibility index (Phi) is 6.42. The zero-order chi connectivity index (χ0) is 14.3. The van der Waals surface area contributed by atoms with Crippen molar-refractivity contribution in [3.05, 3.63) is 18.2 Å². The Balaban J connectivity index is 2.64. The van der Waals surface area contributed by atoms with Gasteiger partial charge in [0.25, 0.3) is 0 Å². The lowest BCUT2D eigenvalue weighted by Gasteiger charge is -2.17. The van der Waals surface area contributed by atoms with Gasteiger partial charge in [0.1, 0.15) is 0 Å². The Morgan fingerprint density at radius 2 is 1.95 bits per heavy atom. The zero-order valence-electron chi connectivity index (χ0n) is 11.9. The van der Waals surface area contributed by atoms with E-state index in [1.54, 1.807) is 14.2 Å². The summed E-state index contributed by atoms with van der Waals surface area (Å²) in [5, 5.41) is 7.00. The highest BCUT2D eigenvalue weighted by Gasteiger charge is 2.07. The summed E-state index contributed by atoms with van der Waals surface area (Å²) in [5.74, 6) is 1.38. The molecular formula is C14H22N2O2S. The van der Waals surface area contributed by atoms with Crippen LogP contribution in [0.4, 0.5) is 5.69 Å². The van der Waals surface area contributed by atoms with E-state index in [9.17, 15) is 0 Å². The second kappa shape index (κ2) is 7.84. The summed E-state index contributed by atoms with van der Waals surface area (Å²) in [6.45, 7) is 4.27. The minimum absolute atomic E-state index is 0.366. The molecule has 1 atom stereocenters. The largest absolute Gasteiger partial charge is 0.493 e. The van der Waals surface area contributed by atoms with Crippen LogP contribution in [-0.2, 0) is 0 Å². The molecule has 0 aliphatic rings. The summed E-state index contributed by atoms with van der Waals surface area (Å²) in [5.41, 5.74) is 0.874. The van der Waals surface area contributed by atoms with E-state index in [1.807, 2.05) is 18.2 Å². The van der Waals surface area contributed by atoms with Gasteiger partial charge in [0.2, 0.25) is 0 Å². The van der Waals surface area contributed by atoms with Crippen molar-refractivity contribution < 1.29 is 9.47 Å². The topological polar surface area (TPSA) is 42.5 Å². The van der Waals surface area contributed by atoms with Crippen molar-refractivity contribution in [2.45, 2.75) is 32.7 Å². The molecule has 0 fully saturated rings. The number of hydrogen-bond donors (Lipinski definition) is 2. The number of nitrogens with one attached hydrogen (secondary N) is 2. The maximum Gasteiger partial charge on any atom is 0.170 e. The molecule has 0 aromatic heterocycles. The number of anilines is 1. The van der Waals surface area contributed by atoms with E-state index in [2.05, 4.69) is 24.5 Å². The fourth-order valence-corrected chi connectivity index (χ4v) is 2.13. The van der Waals surface area contributed by atoms with Crippen molar-refractivity contribution in [2.75, 3.05) is 19.5 Å². The first-order valence-corrected chi connectivity index (χ1v) is 6.81. The van der Waals surface area contributed by atoms with Gasteiger partial charge in [-0.05, 0) is 37.7 Å². The lowest BCUT2D eigenvalue weighted by Crippen LogP contribution is -2.35. The van der Waals surface area contributed by atoms with E-state index in [-0.39, 0.29) is 0 Å². The van der Waals surface area contributed by atoms with Crippen LogP contribution in [0.2, 0.25) is 0 Å². The average Bonchev–Trinajstić information content (AvgIpc) is 2.38. The maximum atomic E-state index is 5.27. The predicted octanol–water partition coefficient (Wildman–Crippen LogP) is 3.18. The van der Waals surface area contributed by atoms with Crippen molar-refractivity contribution in [1.29, 1.82) is 0 Å². The van der Waals surface area contributed by atoms with E-state index in [0.29, 0.717) is 22.7 Å². The van der Waals surface area contributed by atoms with Gasteiger partial charge in [0.15, 0.2) is 16.6 Å². The second-order valence-electron chi connectivity index (χ2n) is 4.36. The SMILES string of the molecule is CCCC(C)NC(=S)Nc1ccc(OC)c(OC)c1. The van der Waals surface area contributed by atoms with E-state index in [1.165, 1.54) is 0 Å². The van der Waals surface area contributed by atoms with Crippen molar-refractivity contribution in [1.82, 2.24) is 5.32 Å². The van der Waals surface area contributed by atoms with Crippen LogP contribution >= 0.6 is 12.2 Å². The van der Waals surface area contributed by atoms with Crippen LogP contribution in [0.3, 0.4) is 0 Å². The van der Waals surface area contributed by atoms with E-state index in [0.717, 1.165) is 18.5 Å². The van der Waals surface area contributed by atoms with Crippen LogP contribution in [0.1, 0.15) is 26.7 Å². The highest BCUT2D eigenvalue weighted by molar-refractivity contribution is 7.80. The first kappa shape index (κ1) is 15.6. The monoisotopic (exact) mass is 282 g/mol. The van der Waals surface area contributed by atoms with Gasteiger partial charge in [0.05, 0.1) is 14.2 Å². The molecule has 0 bridgehead atoms. The summed E-state index contributed by atoms with van der Waals surface area (Å²) in [4.78, 5) is 0. The normalized spacial score (nSPS) is 11.6. The van der Waals surface area contributed by atoms with Gasteiger partial charge in [-0.2, -0.15) is 0 Å². The molecule has 5 heteroatoms. The Labute approximate surface area is 120 Å². The molecule has 1 aromatic carbocycles. The van der Waals surface area contributed by atoms with Gasteiger partial charge < -0.3 is 20.1 Å². The quantitative estimate of drug-likeness (QED) is 0.784. The summed E-state index contributed by atoms with van der Waals surface area (Å²) >= 11 is 5.27. The van der Waals surface area contributed by atoms with Crippen LogP contribution in [0.15, 0.2) is 18.2 Å². The van der Waals surface area contributed by atoms with E-state index >= 15 is 0 Å². The number of hydrogen-bond acceptors (Lipinski definition) is 3. The van der Waals surface area contributed by atoms with Crippen molar-refractivity contribution in [3.8, 4) is 11.5 Å². The molecule has 19 heavy (non-hydrogen) atoms. The minimum atomic E-state index is 0.366. The molecule has 0 aliphatic heterocycles. The zero-order valence-corrected chi connectivity index (χ0v) is 12.8. The summed E-state index contributed by atoms with van der Waals surface area (Å²) < 4.78 is 10.4. The van der Waals surface area contributed by atoms with Gasteiger partial charge in [-0.3, -0.25) is 0 Å². The molecule has 106 valence electrons. The Morgan fingerprint density at radius 1 is 1.26 bits per heavy atom. The molecular weight excluding hydrogens is 260 g/mol. The van der Waals surface area contributed by atoms with Crippen LogP contribution in [0.5, 0.6) is 11.5 Å². The van der Waals surface area contributed by atoms with Crippen LogP contribution in [0.25, 0.3) is 0 Å². The predicted molar refractivity (Wildman–Crippen MR) is 83.3 cm³/mol. The number of thiocarbonyl (C=S) groups is 1. The Morgan fingerprint density at radius 3 is 2.53 bits per heavy atom. The molecule has 0 saturated carbocycles. The van der Waals surface area contributed by atoms with Gasteiger partial charge in [-0.15, -0.1) is 0 Å². The molecule has 0 amide bonds. The smallest absolute Gasteiger partial charge is 0.170 e. The highest BCUT2D eigenvalue weighted by Crippen LogP contribution is 2.29. The van der Waals surface area contributed by atoms with Crippen molar-refractivity contribution >= 4 is 23.0 Å². The Bertz CT molecular complexity index is 424. The molecule has 1 aromatic rings. The summed E-state index contributed by atoms with van der Waals surface area (Å²) in [6.07, 6.45) is 2.22. The fourth-order valence-electron chi connectivity index (χ4n) is 1.81. The van der Waals surface area contributed by atoms with Crippen LogP contribution in [0, 0.1) is 0 Å². The van der Waals surface area contributed by atoms with Gasteiger partial charge in [-0.25, -0.2) is 0 Å². The first-order chi connectivity index (χ1) is 9.10. The lowest BCUT2D eigenvalue weighted by atomic mass is 10.2.